The maximum absolute atomic E-state index is 11.3. The summed E-state index contributed by atoms with van der Waals surface area (Å²) in [5.41, 5.74) is 5.92. The monoisotopic (exact) mass is 285 g/mol. The van der Waals surface area contributed by atoms with E-state index >= 15 is 0 Å². The van der Waals surface area contributed by atoms with Gasteiger partial charge in [0.2, 0.25) is 5.91 Å². The third-order valence-electron chi connectivity index (χ3n) is 3.45. The molecule has 1 aliphatic rings. The summed E-state index contributed by atoms with van der Waals surface area (Å²) in [6.07, 6.45) is 3.04. The Balaban J connectivity index is 2.72. The number of primary amides is 1. The summed E-state index contributed by atoms with van der Waals surface area (Å²) in [5, 5.41) is 0. The van der Waals surface area contributed by atoms with Crippen LogP contribution in [0.5, 0.6) is 0 Å². The quantitative estimate of drug-likeness (QED) is 0.677. The van der Waals surface area contributed by atoms with Crippen molar-refractivity contribution in [1.29, 1.82) is 0 Å². The fourth-order valence-electron chi connectivity index (χ4n) is 2.29. The number of nitrogens with zero attached hydrogens (tertiary/aromatic N) is 2. The van der Waals surface area contributed by atoms with E-state index in [-0.39, 0.29) is 18.2 Å². The summed E-state index contributed by atoms with van der Waals surface area (Å²) in [7, 11) is 2.07. The van der Waals surface area contributed by atoms with Crippen molar-refractivity contribution in [3.8, 4) is 0 Å². The first-order valence-corrected chi connectivity index (χ1v) is 7.93. The first-order valence-electron chi connectivity index (χ1n) is 6.54. The van der Waals surface area contributed by atoms with Crippen molar-refractivity contribution in [2.24, 2.45) is 11.7 Å². The summed E-state index contributed by atoms with van der Waals surface area (Å²) in [6, 6.07) is 0. The average Bonchev–Trinajstić information content (AvgIpc) is 2.38. The average molecular weight is 285 g/mol. The van der Waals surface area contributed by atoms with Crippen molar-refractivity contribution < 1.29 is 9.59 Å². The van der Waals surface area contributed by atoms with Gasteiger partial charge in [-0.2, -0.15) is 11.8 Å². The lowest BCUT2D eigenvalue weighted by atomic mass is 9.97. The highest BCUT2D eigenvalue weighted by Crippen LogP contribution is 2.23. The second-order valence-corrected chi connectivity index (χ2v) is 5.91. The Bertz CT molecular complexity index is 348. The number of thioether (sulfide) groups is 1. The smallest absolute Gasteiger partial charge is 0.218 e. The van der Waals surface area contributed by atoms with Gasteiger partial charge in [0.1, 0.15) is 11.6 Å². The number of hydrogen-bond donors (Lipinski definition) is 1. The molecule has 1 aliphatic heterocycles. The Hall–Kier alpha value is -0.970. The Morgan fingerprint density at radius 2 is 2.00 bits per heavy atom. The summed E-state index contributed by atoms with van der Waals surface area (Å²) in [5.74, 6) is 2.53. The van der Waals surface area contributed by atoms with E-state index < -0.39 is 0 Å². The van der Waals surface area contributed by atoms with Gasteiger partial charge in [0.05, 0.1) is 0 Å². The van der Waals surface area contributed by atoms with E-state index in [0.29, 0.717) is 5.70 Å². The van der Waals surface area contributed by atoms with E-state index in [4.69, 9.17) is 5.73 Å². The Kier molecular flexibility index (Phi) is 6.99. The van der Waals surface area contributed by atoms with Crippen molar-refractivity contribution >= 4 is 23.6 Å². The summed E-state index contributed by atoms with van der Waals surface area (Å²) < 4.78 is 0. The van der Waals surface area contributed by atoms with Crippen LogP contribution in [0.3, 0.4) is 0 Å². The van der Waals surface area contributed by atoms with Crippen LogP contribution in [0.15, 0.2) is 5.70 Å². The molecule has 1 fully saturated rings. The Morgan fingerprint density at radius 1 is 1.37 bits per heavy atom. The molecule has 19 heavy (non-hydrogen) atoms. The minimum Gasteiger partial charge on any atom is -0.370 e. The number of likely N-dealkylation sites (N-methyl/N-ethyl adjacent to an activating group) is 1. The molecule has 0 aliphatic carbocycles. The normalized spacial score (nSPS) is 17.9. The zero-order chi connectivity index (χ0) is 14.3. The number of carbonyl (C=O) groups is 1. The highest BCUT2D eigenvalue weighted by molar-refractivity contribution is 7.98. The molecule has 1 saturated heterocycles. The number of carbonyl (C=O) groups excluding carboxylic acids is 2. The second kappa shape index (κ2) is 8.25. The molecule has 1 amide bonds. The summed E-state index contributed by atoms with van der Waals surface area (Å²) in [4.78, 5) is 26.8. The summed E-state index contributed by atoms with van der Waals surface area (Å²) >= 11 is 1.71. The van der Waals surface area contributed by atoms with Gasteiger partial charge in [-0.05, 0) is 25.5 Å². The van der Waals surface area contributed by atoms with Crippen molar-refractivity contribution in [3.05, 3.63) is 5.70 Å². The molecule has 1 rings (SSSR count). The molecule has 6 heteroatoms. The van der Waals surface area contributed by atoms with Crippen LogP contribution < -0.4 is 5.73 Å². The van der Waals surface area contributed by atoms with Gasteiger partial charge in [-0.15, -0.1) is 0 Å². The first kappa shape index (κ1) is 16.1. The lowest BCUT2D eigenvalue weighted by molar-refractivity contribution is -0.118. The number of hydrogen-bond acceptors (Lipinski definition) is 5. The van der Waals surface area contributed by atoms with Crippen molar-refractivity contribution in [3.63, 3.8) is 0 Å². The van der Waals surface area contributed by atoms with Crippen LogP contribution in [0.4, 0.5) is 0 Å². The highest BCUT2D eigenvalue weighted by atomic mass is 32.2. The van der Waals surface area contributed by atoms with Gasteiger partial charge in [-0.3, -0.25) is 4.79 Å². The third-order valence-corrected chi connectivity index (χ3v) is 4.10. The lowest BCUT2D eigenvalue weighted by Gasteiger charge is -2.36. The molecule has 2 N–H and O–H groups in total. The first-order chi connectivity index (χ1) is 9.08. The molecule has 0 bridgehead atoms. The minimum absolute atomic E-state index is 0.0918. The van der Waals surface area contributed by atoms with Gasteiger partial charge in [0, 0.05) is 38.5 Å². The van der Waals surface area contributed by atoms with Crippen LogP contribution in [-0.4, -0.2) is 66.9 Å². The van der Waals surface area contributed by atoms with E-state index in [0.717, 1.165) is 38.4 Å². The maximum atomic E-state index is 11.3. The molecule has 1 heterocycles. The predicted octanol–water partition coefficient (Wildman–Crippen LogP) is 0.194. The largest absolute Gasteiger partial charge is 0.370 e. The van der Waals surface area contributed by atoms with E-state index in [1.54, 1.807) is 11.8 Å². The highest BCUT2D eigenvalue weighted by Gasteiger charge is 2.25. The number of allylic oxidation sites excluding steroid dienone is 1. The molecule has 0 aromatic heterocycles. The topological polar surface area (TPSA) is 66.6 Å². The molecule has 1 unspecified atom stereocenters. The van der Waals surface area contributed by atoms with Gasteiger partial charge in [-0.25, -0.2) is 4.79 Å². The van der Waals surface area contributed by atoms with Crippen LogP contribution in [0.2, 0.25) is 0 Å². The van der Waals surface area contributed by atoms with Gasteiger partial charge in [0.15, 0.2) is 0 Å². The van der Waals surface area contributed by atoms with Crippen LogP contribution in [0.25, 0.3) is 0 Å². The van der Waals surface area contributed by atoms with E-state index in [2.05, 4.69) is 22.8 Å². The zero-order valence-corrected chi connectivity index (χ0v) is 12.5. The molecule has 0 aromatic carbocycles. The van der Waals surface area contributed by atoms with Crippen LogP contribution in [-0.2, 0) is 9.59 Å². The third kappa shape index (κ3) is 5.27. The van der Waals surface area contributed by atoms with Gasteiger partial charge in [-0.1, -0.05) is 0 Å². The fraction of sp³-hybridized carbons (Fsp3) is 0.769. The number of amides is 1. The molecule has 108 valence electrons. The zero-order valence-electron chi connectivity index (χ0n) is 11.7. The standard InChI is InChI=1S/C13H23N3O2S/c1-15-4-6-16(7-5-15)12(10-17)11(3-8-19-2)9-13(14)18/h11H,3-9H2,1-2H3,(H2,14,18). The summed E-state index contributed by atoms with van der Waals surface area (Å²) in [6.45, 7) is 3.49. The van der Waals surface area contributed by atoms with Crippen molar-refractivity contribution in [1.82, 2.24) is 9.80 Å². The van der Waals surface area contributed by atoms with Crippen LogP contribution in [0, 0.1) is 5.92 Å². The number of piperazine rings is 1. The lowest BCUT2D eigenvalue weighted by Crippen LogP contribution is -2.45. The molecule has 5 nitrogen and oxygen atoms in total. The Labute approximate surface area is 119 Å². The molecule has 0 aromatic rings. The molecule has 0 spiro atoms. The van der Waals surface area contributed by atoms with Crippen LogP contribution in [0.1, 0.15) is 12.8 Å². The second-order valence-electron chi connectivity index (χ2n) is 4.93. The van der Waals surface area contributed by atoms with E-state index in [9.17, 15) is 9.59 Å². The predicted molar refractivity (Wildman–Crippen MR) is 78.6 cm³/mol. The molecular formula is C13H23N3O2S. The van der Waals surface area contributed by atoms with Crippen molar-refractivity contribution in [2.75, 3.05) is 45.2 Å². The number of nitrogens with two attached hydrogens (primary N) is 1. The van der Waals surface area contributed by atoms with Crippen LogP contribution >= 0.6 is 11.8 Å². The SMILES string of the molecule is CSCCC(CC(N)=O)C(=C=O)N1CCN(C)CC1. The van der Waals surface area contributed by atoms with Gasteiger partial charge in [0.25, 0.3) is 0 Å². The van der Waals surface area contributed by atoms with E-state index in [1.165, 1.54) is 0 Å². The Morgan fingerprint density at radius 3 is 2.47 bits per heavy atom. The van der Waals surface area contributed by atoms with E-state index in [1.807, 2.05) is 6.26 Å². The van der Waals surface area contributed by atoms with Crippen molar-refractivity contribution in [2.45, 2.75) is 12.8 Å². The number of rotatable bonds is 7. The van der Waals surface area contributed by atoms with Gasteiger partial charge < -0.3 is 15.5 Å². The van der Waals surface area contributed by atoms with Gasteiger partial charge >= 0.3 is 0 Å². The molecular weight excluding hydrogens is 262 g/mol. The molecule has 1 atom stereocenters. The molecule has 0 radical (unpaired) electrons. The minimum atomic E-state index is -0.354. The molecule has 0 saturated carbocycles. The maximum Gasteiger partial charge on any atom is 0.218 e. The fourth-order valence-corrected chi connectivity index (χ4v) is 2.81.